The lowest BCUT2D eigenvalue weighted by atomic mass is 10.1. The fourth-order valence-electron chi connectivity index (χ4n) is 2.24. The van der Waals surface area contributed by atoms with Crippen LogP contribution in [0.3, 0.4) is 0 Å². The van der Waals surface area contributed by atoms with Crippen LogP contribution in [0.15, 0.2) is 29.2 Å². The molecule has 2 rings (SSSR count). The lowest BCUT2D eigenvalue weighted by Gasteiger charge is -2.23. The summed E-state index contributed by atoms with van der Waals surface area (Å²) in [4.78, 5) is 30.3. The summed E-state index contributed by atoms with van der Waals surface area (Å²) in [7, 11) is 1.81. The Bertz CT molecular complexity index is 780. The molecule has 0 saturated heterocycles. The topological polar surface area (TPSA) is 66.7 Å². The molecule has 6 nitrogen and oxygen atoms in total. The number of carbonyl (C=O) groups excluding carboxylic acids is 1. The first-order valence-corrected chi connectivity index (χ1v) is 7.69. The molecule has 1 N–H and O–H groups in total. The highest BCUT2D eigenvalue weighted by Crippen LogP contribution is 2.09. The van der Waals surface area contributed by atoms with Gasteiger partial charge in [-0.1, -0.05) is 11.6 Å². The number of hydrogen-bond donors (Lipinski definition) is 1. The van der Waals surface area contributed by atoms with E-state index in [0.29, 0.717) is 22.9 Å². The van der Waals surface area contributed by atoms with E-state index in [1.165, 1.54) is 16.7 Å². The van der Waals surface area contributed by atoms with Gasteiger partial charge in [-0.2, -0.15) is 0 Å². The van der Waals surface area contributed by atoms with Crippen molar-refractivity contribution in [3.63, 3.8) is 0 Å². The SMILES string of the molecule is CN(CC(=O)NC(C)(C)C)Cc1cc(=O)n2cc(Cl)ccc2n1. The highest BCUT2D eigenvalue weighted by molar-refractivity contribution is 6.30. The molecule has 124 valence electrons. The number of hydrogen-bond acceptors (Lipinski definition) is 4. The fraction of sp³-hybridized carbons (Fsp3) is 0.438. The van der Waals surface area contributed by atoms with Gasteiger partial charge in [0.2, 0.25) is 5.91 Å². The Labute approximate surface area is 140 Å². The highest BCUT2D eigenvalue weighted by atomic mass is 35.5. The Morgan fingerprint density at radius 2 is 2.09 bits per heavy atom. The molecule has 2 heterocycles. The van der Waals surface area contributed by atoms with Crippen molar-refractivity contribution in [2.24, 2.45) is 0 Å². The van der Waals surface area contributed by atoms with Crippen LogP contribution in [0.5, 0.6) is 0 Å². The Hall–Kier alpha value is -1.92. The largest absolute Gasteiger partial charge is 0.350 e. The van der Waals surface area contributed by atoms with Gasteiger partial charge in [0.05, 0.1) is 17.3 Å². The van der Waals surface area contributed by atoms with E-state index in [-0.39, 0.29) is 23.6 Å². The van der Waals surface area contributed by atoms with Crippen LogP contribution in [-0.2, 0) is 11.3 Å². The van der Waals surface area contributed by atoms with Crippen LogP contribution in [0.4, 0.5) is 0 Å². The molecule has 2 aromatic heterocycles. The summed E-state index contributed by atoms with van der Waals surface area (Å²) in [6, 6.07) is 4.84. The maximum absolute atomic E-state index is 12.1. The molecule has 2 aromatic rings. The van der Waals surface area contributed by atoms with Crippen LogP contribution < -0.4 is 10.9 Å². The number of likely N-dealkylation sites (N-methyl/N-ethyl adjacent to an activating group) is 1. The van der Waals surface area contributed by atoms with Gasteiger partial charge in [0.25, 0.3) is 5.56 Å². The maximum atomic E-state index is 12.1. The van der Waals surface area contributed by atoms with Crippen molar-refractivity contribution >= 4 is 23.2 Å². The van der Waals surface area contributed by atoms with E-state index in [1.807, 2.05) is 32.7 Å². The molecule has 0 fully saturated rings. The molecular formula is C16H21ClN4O2. The molecule has 0 aliphatic carbocycles. The third-order valence-corrected chi connectivity index (χ3v) is 3.26. The quantitative estimate of drug-likeness (QED) is 0.922. The van der Waals surface area contributed by atoms with Gasteiger partial charge in [0.15, 0.2) is 0 Å². The minimum absolute atomic E-state index is 0.0655. The average molecular weight is 337 g/mol. The first-order chi connectivity index (χ1) is 10.6. The molecule has 0 aliphatic heterocycles. The number of pyridine rings is 1. The highest BCUT2D eigenvalue weighted by Gasteiger charge is 2.15. The predicted octanol–water partition coefficient (Wildman–Crippen LogP) is 1.69. The zero-order valence-electron chi connectivity index (χ0n) is 13.8. The fourth-order valence-corrected chi connectivity index (χ4v) is 2.40. The number of nitrogens with one attached hydrogen (secondary N) is 1. The van der Waals surface area contributed by atoms with Crippen LogP contribution in [0.2, 0.25) is 5.02 Å². The first kappa shape index (κ1) is 17.4. The lowest BCUT2D eigenvalue weighted by molar-refractivity contribution is -0.123. The molecule has 23 heavy (non-hydrogen) atoms. The van der Waals surface area contributed by atoms with Crippen molar-refractivity contribution in [2.45, 2.75) is 32.9 Å². The van der Waals surface area contributed by atoms with E-state index in [0.717, 1.165) is 0 Å². The zero-order valence-corrected chi connectivity index (χ0v) is 14.5. The second kappa shape index (κ2) is 6.68. The van der Waals surface area contributed by atoms with Crippen molar-refractivity contribution < 1.29 is 4.79 Å². The van der Waals surface area contributed by atoms with Gasteiger partial charge in [0, 0.05) is 24.3 Å². The number of rotatable bonds is 4. The molecule has 0 atom stereocenters. The lowest BCUT2D eigenvalue weighted by Crippen LogP contribution is -2.45. The van der Waals surface area contributed by atoms with Gasteiger partial charge in [-0.05, 0) is 40.0 Å². The summed E-state index contributed by atoms with van der Waals surface area (Å²) in [5.41, 5.74) is 0.685. The Morgan fingerprint density at radius 3 is 2.74 bits per heavy atom. The molecule has 0 spiro atoms. The van der Waals surface area contributed by atoms with Crippen molar-refractivity contribution in [1.29, 1.82) is 0 Å². The van der Waals surface area contributed by atoms with Gasteiger partial charge >= 0.3 is 0 Å². The van der Waals surface area contributed by atoms with E-state index < -0.39 is 0 Å². The van der Waals surface area contributed by atoms with E-state index in [9.17, 15) is 9.59 Å². The van der Waals surface area contributed by atoms with Crippen molar-refractivity contribution in [3.8, 4) is 0 Å². The van der Waals surface area contributed by atoms with Crippen LogP contribution >= 0.6 is 11.6 Å². The standard InChI is InChI=1S/C16H21ClN4O2/c1-16(2,3)19-14(22)10-20(4)9-12-7-15(23)21-8-11(17)5-6-13(21)18-12/h5-8H,9-10H2,1-4H3,(H,19,22). The minimum atomic E-state index is -0.267. The molecule has 0 aliphatic rings. The number of carbonyl (C=O) groups is 1. The van der Waals surface area contributed by atoms with E-state index in [2.05, 4.69) is 10.3 Å². The van der Waals surface area contributed by atoms with Crippen LogP contribution in [0, 0.1) is 0 Å². The monoisotopic (exact) mass is 336 g/mol. The average Bonchev–Trinajstić information content (AvgIpc) is 2.37. The maximum Gasteiger partial charge on any atom is 0.258 e. The number of amides is 1. The first-order valence-electron chi connectivity index (χ1n) is 7.31. The normalized spacial score (nSPS) is 11.9. The predicted molar refractivity (Wildman–Crippen MR) is 90.7 cm³/mol. The van der Waals surface area contributed by atoms with Crippen molar-refractivity contribution in [3.05, 3.63) is 45.5 Å². The molecule has 0 unspecified atom stereocenters. The molecule has 0 bridgehead atoms. The van der Waals surface area contributed by atoms with Crippen molar-refractivity contribution in [2.75, 3.05) is 13.6 Å². The van der Waals surface area contributed by atoms with Gasteiger partial charge in [-0.15, -0.1) is 0 Å². The third-order valence-electron chi connectivity index (χ3n) is 3.04. The summed E-state index contributed by atoms with van der Waals surface area (Å²) in [6.07, 6.45) is 1.54. The van der Waals surface area contributed by atoms with Crippen molar-refractivity contribution in [1.82, 2.24) is 19.6 Å². The number of aromatic nitrogens is 2. The Balaban J connectivity index is 2.11. The van der Waals surface area contributed by atoms with Gasteiger partial charge in [-0.25, -0.2) is 4.98 Å². The van der Waals surface area contributed by atoms with Gasteiger partial charge in [0.1, 0.15) is 5.65 Å². The second-order valence-electron chi connectivity index (χ2n) is 6.63. The minimum Gasteiger partial charge on any atom is -0.350 e. The number of halogens is 1. The molecular weight excluding hydrogens is 316 g/mol. The summed E-state index contributed by atoms with van der Waals surface area (Å²) in [5.74, 6) is -0.0655. The van der Waals surface area contributed by atoms with Crippen LogP contribution in [-0.4, -0.2) is 39.3 Å². The van der Waals surface area contributed by atoms with E-state index in [4.69, 9.17) is 11.6 Å². The third kappa shape index (κ3) is 5.04. The molecule has 0 radical (unpaired) electrons. The smallest absolute Gasteiger partial charge is 0.258 e. The zero-order chi connectivity index (χ0) is 17.2. The Morgan fingerprint density at radius 1 is 1.39 bits per heavy atom. The number of fused-ring (bicyclic) bond motifs is 1. The summed E-state index contributed by atoms with van der Waals surface area (Å²) < 4.78 is 1.40. The van der Waals surface area contributed by atoms with E-state index >= 15 is 0 Å². The second-order valence-corrected chi connectivity index (χ2v) is 7.07. The number of nitrogens with zero attached hydrogens (tertiary/aromatic N) is 3. The summed E-state index contributed by atoms with van der Waals surface area (Å²) >= 11 is 5.88. The Kier molecular flexibility index (Phi) is 5.06. The van der Waals surface area contributed by atoms with Gasteiger partial charge < -0.3 is 5.32 Å². The molecule has 7 heteroatoms. The summed E-state index contributed by atoms with van der Waals surface area (Å²) in [5, 5.41) is 3.38. The molecule has 0 aromatic carbocycles. The van der Waals surface area contributed by atoms with Crippen LogP contribution in [0.25, 0.3) is 5.65 Å². The molecule has 1 amide bonds. The molecule has 0 saturated carbocycles. The van der Waals surface area contributed by atoms with E-state index in [1.54, 1.807) is 12.1 Å². The summed E-state index contributed by atoms with van der Waals surface area (Å²) in [6.45, 7) is 6.44. The van der Waals surface area contributed by atoms with Crippen LogP contribution in [0.1, 0.15) is 26.5 Å². The van der Waals surface area contributed by atoms with Gasteiger partial charge in [-0.3, -0.25) is 18.9 Å².